The first-order chi connectivity index (χ1) is 7.86. The van der Waals surface area contributed by atoms with Crippen LogP contribution in [0.2, 0.25) is 0 Å². The van der Waals surface area contributed by atoms with Gasteiger partial charge in [-0.2, -0.15) is 9.61 Å². The van der Waals surface area contributed by atoms with Gasteiger partial charge in [0.05, 0.1) is 11.4 Å². The molecular weight excluding hydrogens is 222 g/mol. The van der Waals surface area contributed by atoms with E-state index in [1.165, 1.54) is 0 Å². The molecule has 0 spiro atoms. The highest BCUT2D eigenvalue weighted by Crippen LogP contribution is 2.21. The summed E-state index contributed by atoms with van der Waals surface area (Å²) >= 11 is 0. The van der Waals surface area contributed by atoms with Crippen LogP contribution in [0.15, 0.2) is 4.79 Å². The van der Waals surface area contributed by atoms with E-state index in [0.717, 1.165) is 4.52 Å². The first-order valence-corrected chi connectivity index (χ1v) is 5.11. The molecule has 7 nitrogen and oxygen atoms in total. The maximum absolute atomic E-state index is 12.2. The maximum atomic E-state index is 12.2. The first kappa shape index (κ1) is 11.3. The zero-order valence-electron chi connectivity index (χ0n) is 10.2. The number of hydrogen-bond acceptors (Lipinski definition) is 5. The average molecular weight is 236 g/mol. The summed E-state index contributed by atoms with van der Waals surface area (Å²) in [5.41, 5.74) is 6.85. The number of nitrogens with two attached hydrogens (primary N) is 1. The van der Waals surface area contributed by atoms with Crippen LogP contribution >= 0.6 is 0 Å². The minimum atomic E-state index is -0.339. The van der Waals surface area contributed by atoms with Crippen LogP contribution in [0.3, 0.4) is 0 Å². The Labute approximate surface area is 97.6 Å². The summed E-state index contributed by atoms with van der Waals surface area (Å²) in [4.78, 5) is 13.8. The maximum Gasteiger partial charge on any atom is 0.298 e. The Bertz CT molecular complexity index is 653. The molecule has 0 amide bonds. The van der Waals surface area contributed by atoms with Gasteiger partial charge in [0, 0.05) is 19.8 Å². The number of nitrogens with zero attached hydrogens (tertiary/aromatic N) is 4. The summed E-state index contributed by atoms with van der Waals surface area (Å²) in [5, 5.41) is 16.0. The van der Waals surface area contributed by atoms with E-state index >= 15 is 0 Å². The summed E-state index contributed by atoms with van der Waals surface area (Å²) < 4.78 is 1.70. The fraction of sp³-hybridized carbons (Fsp3) is 0.400. The van der Waals surface area contributed by atoms with Crippen LogP contribution in [-0.4, -0.2) is 28.4 Å². The molecular formula is C10H14N5O2-. The van der Waals surface area contributed by atoms with Crippen LogP contribution in [0, 0.1) is 19.1 Å². The van der Waals surface area contributed by atoms with E-state index in [9.17, 15) is 10.0 Å². The zero-order chi connectivity index (χ0) is 12.9. The van der Waals surface area contributed by atoms with E-state index in [1.54, 1.807) is 32.8 Å². The lowest BCUT2D eigenvalue weighted by molar-refractivity contribution is 0.830. The summed E-state index contributed by atoms with van der Waals surface area (Å²) in [6.07, 6.45) is 0. The van der Waals surface area contributed by atoms with Crippen molar-refractivity contribution in [3.8, 4) is 0 Å². The van der Waals surface area contributed by atoms with Crippen molar-refractivity contribution in [3.63, 3.8) is 0 Å². The topological polar surface area (TPSA) is 91.6 Å². The lowest BCUT2D eigenvalue weighted by Gasteiger charge is -2.23. The second kappa shape index (κ2) is 3.41. The number of anilines is 2. The van der Waals surface area contributed by atoms with E-state index in [2.05, 4.69) is 5.10 Å². The van der Waals surface area contributed by atoms with Crippen LogP contribution in [0.5, 0.6) is 0 Å². The molecule has 0 aliphatic rings. The standard InChI is InChI=1S/C10H14N5O2/c1-5-7(11)9-14(12-5)10(16)8(13(3)4)6(2)15(9)17/h11H2,1-4H3/q-1. The molecule has 92 valence electrons. The predicted octanol–water partition coefficient (Wildman–Crippen LogP) is 0.107. The third-order valence-corrected chi connectivity index (χ3v) is 2.76. The predicted molar refractivity (Wildman–Crippen MR) is 66.4 cm³/mol. The smallest absolute Gasteiger partial charge is 0.298 e. The van der Waals surface area contributed by atoms with Gasteiger partial charge in [0.2, 0.25) is 0 Å². The third-order valence-electron chi connectivity index (χ3n) is 2.76. The first-order valence-electron chi connectivity index (χ1n) is 5.11. The molecule has 2 aromatic heterocycles. The number of nitrogen functional groups attached to an aromatic ring is 1. The number of hydrogen-bond donors (Lipinski definition) is 1. The van der Waals surface area contributed by atoms with Crippen molar-refractivity contribution in [1.82, 2.24) is 14.3 Å². The van der Waals surface area contributed by atoms with Crippen LogP contribution in [0.4, 0.5) is 11.4 Å². The molecule has 0 atom stereocenters. The summed E-state index contributed by atoms with van der Waals surface area (Å²) in [6.45, 7) is 3.25. The zero-order valence-corrected chi connectivity index (χ0v) is 10.2. The Kier molecular flexibility index (Phi) is 2.27. The fourth-order valence-electron chi connectivity index (χ4n) is 1.89. The Hall–Kier alpha value is -2.18. The Morgan fingerprint density at radius 1 is 1.35 bits per heavy atom. The molecule has 0 aromatic carbocycles. The van der Waals surface area contributed by atoms with Crippen LogP contribution in [0.1, 0.15) is 11.4 Å². The van der Waals surface area contributed by atoms with Gasteiger partial charge in [-0.1, -0.05) is 0 Å². The van der Waals surface area contributed by atoms with Crippen molar-refractivity contribution in [3.05, 3.63) is 26.9 Å². The lowest BCUT2D eigenvalue weighted by Crippen LogP contribution is -2.28. The number of fused-ring (bicyclic) bond motifs is 1. The van der Waals surface area contributed by atoms with Gasteiger partial charge in [-0.3, -0.25) is 4.79 Å². The van der Waals surface area contributed by atoms with Crippen molar-refractivity contribution in [2.75, 3.05) is 24.7 Å². The Morgan fingerprint density at radius 2 is 1.94 bits per heavy atom. The van der Waals surface area contributed by atoms with E-state index in [0.29, 0.717) is 21.8 Å². The molecule has 0 unspecified atom stereocenters. The molecule has 7 heteroatoms. The molecule has 0 radical (unpaired) electrons. The van der Waals surface area contributed by atoms with E-state index in [4.69, 9.17) is 5.73 Å². The molecule has 0 aliphatic carbocycles. The average Bonchev–Trinajstić information content (AvgIpc) is 2.53. The van der Waals surface area contributed by atoms with Crippen molar-refractivity contribution in [1.29, 1.82) is 0 Å². The Balaban J connectivity index is 3.06. The summed E-state index contributed by atoms with van der Waals surface area (Å²) in [5.74, 6) is 0. The molecule has 2 N–H and O–H groups in total. The van der Waals surface area contributed by atoms with Gasteiger partial charge >= 0.3 is 0 Å². The van der Waals surface area contributed by atoms with Crippen LogP contribution < -0.4 is 16.2 Å². The van der Waals surface area contributed by atoms with Crippen molar-refractivity contribution >= 4 is 17.0 Å². The second-order valence-electron chi connectivity index (χ2n) is 4.16. The molecule has 0 bridgehead atoms. The largest absolute Gasteiger partial charge is 0.804 e. The monoisotopic (exact) mass is 236 g/mol. The minimum Gasteiger partial charge on any atom is -0.804 e. The molecule has 0 aliphatic heterocycles. The van der Waals surface area contributed by atoms with Gasteiger partial charge < -0.3 is 20.6 Å². The quantitative estimate of drug-likeness (QED) is 0.758. The SMILES string of the molecule is Cc1nn2c(=O)c(N(C)C)c(C)n([O-])c2c1N. The van der Waals surface area contributed by atoms with Gasteiger partial charge in [0.1, 0.15) is 5.69 Å². The van der Waals surface area contributed by atoms with Crippen LogP contribution in [0.25, 0.3) is 5.65 Å². The summed E-state index contributed by atoms with van der Waals surface area (Å²) in [6, 6.07) is 0. The van der Waals surface area contributed by atoms with E-state index in [1.807, 2.05) is 0 Å². The van der Waals surface area contributed by atoms with E-state index in [-0.39, 0.29) is 16.9 Å². The third kappa shape index (κ3) is 1.35. The summed E-state index contributed by atoms with van der Waals surface area (Å²) in [7, 11) is 3.41. The van der Waals surface area contributed by atoms with Crippen LogP contribution in [-0.2, 0) is 0 Å². The molecule has 0 fully saturated rings. The second-order valence-corrected chi connectivity index (χ2v) is 4.16. The van der Waals surface area contributed by atoms with Gasteiger partial charge in [0.25, 0.3) is 5.56 Å². The highest BCUT2D eigenvalue weighted by atomic mass is 16.5. The Morgan fingerprint density at radius 3 is 2.47 bits per heavy atom. The molecule has 2 rings (SSSR count). The van der Waals surface area contributed by atoms with Gasteiger partial charge in [0.15, 0.2) is 5.65 Å². The van der Waals surface area contributed by atoms with Crippen molar-refractivity contribution in [2.45, 2.75) is 13.8 Å². The van der Waals surface area contributed by atoms with Gasteiger partial charge in [-0.05, 0) is 13.8 Å². The number of aromatic nitrogens is 3. The highest BCUT2D eigenvalue weighted by Gasteiger charge is 2.16. The number of rotatable bonds is 1. The molecule has 2 heterocycles. The highest BCUT2D eigenvalue weighted by molar-refractivity contribution is 5.70. The van der Waals surface area contributed by atoms with E-state index < -0.39 is 0 Å². The number of aryl methyl sites for hydroxylation is 1. The molecule has 0 saturated carbocycles. The van der Waals surface area contributed by atoms with Crippen molar-refractivity contribution < 1.29 is 0 Å². The van der Waals surface area contributed by atoms with Crippen molar-refractivity contribution in [2.24, 2.45) is 0 Å². The minimum absolute atomic E-state index is 0.0931. The molecule has 0 saturated heterocycles. The molecule has 2 aromatic rings. The van der Waals surface area contributed by atoms with Gasteiger partial charge in [-0.15, -0.1) is 0 Å². The fourth-order valence-corrected chi connectivity index (χ4v) is 1.89. The molecule has 17 heavy (non-hydrogen) atoms. The van der Waals surface area contributed by atoms with Gasteiger partial charge in [-0.25, -0.2) is 0 Å². The lowest BCUT2D eigenvalue weighted by atomic mass is 10.3. The normalized spacial score (nSPS) is 11.1.